The van der Waals surface area contributed by atoms with Crippen molar-refractivity contribution in [1.82, 2.24) is 9.78 Å². The van der Waals surface area contributed by atoms with Gasteiger partial charge in [0.15, 0.2) is 0 Å². The molecule has 206 valence electrons. The van der Waals surface area contributed by atoms with Crippen molar-refractivity contribution in [3.63, 3.8) is 0 Å². The van der Waals surface area contributed by atoms with Gasteiger partial charge >= 0.3 is 6.16 Å². The van der Waals surface area contributed by atoms with E-state index in [9.17, 15) is 20.1 Å². The molecule has 11 nitrogen and oxygen atoms in total. The summed E-state index contributed by atoms with van der Waals surface area (Å²) in [6.45, 7) is -1.41. The van der Waals surface area contributed by atoms with Gasteiger partial charge in [-0.3, -0.25) is 4.68 Å². The molecule has 11 heteroatoms. The fourth-order valence-electron chi connectivity index (χ4n) is 3.71. The molecule has 37 heavy (non-hydrogen) atoms. The fourth-order valence-corrected chi connectivity index (χ4v) is 3.71. The van der Waals surface area contributed by atoms with E-state index in [1.165, 1.54) is 6.92 Å². The first-order valence-corrected chi connectivity index (χ1v) is 11.6. The minimum absolute atomic E-state index is 0.00667. The molecule has 1 aromatic heterocycles. The fraction of sp³-hybridized carbons (Fsp3) is 0.615. The normalized spacial score (nSPS) is 28.2. The van der Waals surface area contributed by atoms with Crippen LogP contribution in [-0.4, -0.2) is 81.3 Å². The maximum atomic E-state index is 11.7. The number of ether oxygens (including phenoxy) is 5. The van der Waals surface area contributed by atoms with Crippen LogP contribution in [0.15, 0.2) is 24.3 Å². The summed E-state index contributed by atoms with van der Waals surface area (Å²) in [6, 6.07) is 3.18. The molecule has 5 atom stereocenters. The van der Waals surface area contributed by atoms with Gasteiger partial charge in [-0.2, -0.15) is 0 Å². The van der Waals surface area contributed by atoms with Gasteiger partial charge in [-0.1, -0.05) is 12.1 Å². The minimum atomic E-state index is -3.40. The van der Waals surface area contributed by atoms with Crippen LogP contribution in [0.2, 0.25) is 0 Å². The van der Waals surface area contributed by atoms with Crippen LogP contribution in [0.25, 0.3) is 0 Å². The largest absolute Gasteiger partial charge is 0.508 e. The SMILES string of the molecule is [2H]C(C)(C)Oc1ccc(Cc2c(O[C@@H]3O[C@H](COC(=O)OCC)[C@@H](O)[C@H](O)[C@H]3O)nn(C([2H])(C([2H])([2H])[2H])C([2H])([2H])[2H])c2C)cc1. The standard InChI is InChI=1S/C26H38N2O9/c1-7-33-26(32)34-13-20-21(29)22(30)23(31)25(36-20)37-24-19(16(6)28(27-24)14(2)3)12-17-8-10-18(11-9-17)35-15(4)5/h8-11,14-15,20-23,25,29-31H,7,12-13H2,1-6H3/t20-,21-,22+,23-,25+/m1/s1/i2D3,3D3,14D,15D. The highest BCUT2D eigenvalue weighted by atomic mass is 16.7. The number of aromatic nitrogens is 2. The van der Waals surface area contributed by atoms with Crippen molar-refractivity contribution in [1.29, 1.82) is 0 Å². The molecule has 0 bridgehead atoms. The Morgan fingerprint density at radius 1 is 1.16 bits per heavy atom. The molecule has 1 aliphatic heterocycles. The van der Waals surface area contributed by atoms with Crippen LogP contribution in [0, 0.1) is 6.92 Å². The molecule has 1 aromatic carbocycles. The van der Waals surface area contributed by atoms with Gasteiger partial charge in [0, 0.05) is 31.9 Å². The Balaban J connectivity index is 2.05. The lowest BCUT2D eigenvalue weighted by Gasteiger charge is -2.39. The van der Waals surface area contributed by atoms with E-state index in [-0.39, 0.29) is 24.3 Å². The molecular weight excluding hydrogens is 484 g/mol. The first kappa shape index (κ1) is 19.2. The Morgan fingerprint density at radius 3 is 2.49 bits per heavy atom. The van der Waals surface area contributed by atoms with Crippen LogP contribution in [0.4, 0.5) is 4.79 Å². The van der Waals surface area contributed by atoms with Crippen LogP contribution < -0.4 is 9.47 Å². The zero-order valence-electron chi connectivity index (χ0n) is 29.0. The zero-order chi connectivity index (χ0) is 34.1. The molecule has 3 N–H and O–H groups in total. The molecule has 0 amide bonds. The second-order valence-electron chi connectivity index (χ2n) is 8.59. The predicted octanol–water partition coefficient (Wildman–Crippen LogP) is 2.51. The molecule has 0 spiro atoms. The van der Waals surface area contributed by atoms with Gasteiger partial charge in [0.05, 0.1) is 15.4 Å². The number of nitrogens with zero attached hydrogens (tertiary/aromatic N) is 2. The number of rotatable bonds is 10. The number of hydrogen-bond acceptors (Lipinski definition) is 10. The first-order valence-electron chi connectivity index (χ1n) is 15.6. The van der Waals surface area contributed by atoms with Crippen LogP contribution in [0.1, 0.15) is 68.3 Å². The third kappa shape index (κ3) is 7.13. The van der Waals surface area contributed by atoms with E-state index in [2.05, 4.69) is 9.84 Å². The molecule has 0 radical (unpaired) electrons. The molecule has 1 saturated heterocycles. The van der Waals surface area contributed by atoms with Gasteiger partial charge in [-0.15, -0.1) is 5.10 Å². The number of benzene rings is 1. The Hall–Kier alpha value is -2.86. The quantitative estimate of drug-likeness (QED) is 0.392. The lowest BCUT2D eigenvalue weighted by atomic mass is 9.99. The van der Waals surface area contributed by atoms with E-state index in [0.717, 1.165) is 0 Å². The van der Waals surface area contributed by atoms with Gasteiger partial charge in [-0.25, -0.2) is 4.79 Å². The first-order chi connectivity index (χ1) is 20.6. The van der Waals surface area contributed by atoms with Crippen molar-refractivity contribution in [3.8, 4) is 11.6 Å². The molecule has 2 aromatic rings. The molecule has 0 saturated carbocycles. The van der Waals surface area contributed by atoms with Crippen LogP contribution in [0.5, 0.6) is 11.6 Å². The molecule has 1 aliphatic rings. The van der Waals surface area contributed by atoms with E-state index < -0.39 is 75.1 Å². The van der Waals surface area contributed by atoms with E-state index in [4.69, 9.17) is 29.9 Å². The Labute approximate surface area is 228 Å². The van der Waals surface area contributed by atoms with Gasteiger partial charge < -0.3 is 39.0 Å². The van der Waals surface area contributed by atoms with Crippen molar-refractivity contribution in [3.05, 3.63) is 41.1 Å². The molecule has 1 fully saturated rings. The van der Waals surface area contributed by atoms with E-state index in [1.807, 2.05) is 0 Å². The summed E-state index contributed by atoms with van der Waals surface area (Å²) in [6.07, 6.45) is -11.0. The monoisotopic (exact) mass is 530 g/mol. The average Bonchev–Trinajstić information content (AvgIpc) is 3.21. The van der Waals surface area contributed by atoms with Gasteiger partial charge in [0.25, 0.3) is 0 Å². The summed E-state index contributed by atoms with van der Waals surface area (Å²) in [5, 5.41) is 35.6. The number of aliphatic hydroxyl groups is 3. The lowest BCUT2D eigenvalue weighted by Crippen LogP contribution is -2.60. The van der Waals surface area contributed by atoms with Crippen molar-refractivity contribution in [2.75, 3.05) is 13.2 Å². The highest BCUT2D eigenvalue weighted by Crippen LogP contribution is 2.31. The van der Waals surface area contributed by atoms with Crippen molar-refractivity contribution in [2.45, 2.75) is 90.6 Å². The van der Waals surface area contributed by atoms with Crippen LogP contribution >= 0.6 is 0 Å². The van der Waals surface area contributed by atoms with E-state index in [0.29, 0.717) is 16.0 Å². The Kier molecular flexibility index (Phi) is 6.55. The number of carbonyl (C=O) groups is 1. The van der Waals surface area contributed by atoms with Crippen molar-refractivity contribution in [2.24, 2.45) is 0 Å². The van der Waals surface area contributed by atoms with Crippen molar-refractivity contribution < 1.29 is 54.8 Å². The summed E-state index contributed by atoms with van der Waals surface area (Å²) in [5.41, 5.74) is 0.635. The predicted molar refractivity (Wildman–Crippen MR) is 133 cm³/mol. The third-order valence-electron chi connectivity index (χ3n) is 5.57. The number of aliphatic hydroxyl groups excluding tert-OH is 3. The summed E-state index contributed by atoms with van der Waals surface area (Å²) < 4.78 is 91.0. The minimum Gasteiger partial charge on any atom is -0.491 e. The maximum absolute atomic E-state index is 11.7. The number of carbonyl (C=O) groups excluding carboxylic acids is 1. The number of hydrogen-bond donors (Lipinski definition) is 3. The second-order valence-corrected chi connectivity index (χ2v) is 8.59. The summed E-state index contributed by atoms with van der Waals surface area (Å²) in [4.78, 5) is 11.7. The van der Waals surface area contributed by atoms with E-state index in [1.54, 1.807) is 45.0 Å². The smallest absolute Gasteiger partial charge is 0.491 e. The summed E-state index contributed by atoms with van der Waals surface area (Å²) in [5.74, 6) is -0.0390. The lowest BCUT2D eigenvalue weighted by molar-refractivity contribution is -0.278. The maximum Gasteiger partial charge on any atom is 0.508 e. The molecule has 0 aliphatic carbocycles. The van der Waals surface area contributed by atoms with Crippen LogP contribution in [-0.2, 0) is 20.6 Å². The molecular formula is C26H38N2O9. The third-order valence-corrected chi connectivity index (χ3v) is 5.57. The van der Waals surface area contributed by atoms with Crippen LogP contribution in [0.3, 0.4) is 0 Å². The van der Waals surface area contributed by atoms with Gasteiger partial charge in [-0.05, 0) is 59.1 Å². The zero-order valence-corrected chi connectivity index (χ0v) is 21.0. The molecule has 0 unspecified atom stereocenters. The summed E-state index contributed by atoms with van der Waals surface area (Å²) >= 11 is 0. The van der Waals surface area contributed by atoms with Crippen molar-refractivity contribution >= 4 is 6.16 Å². The topological polar surface area (TPSA) is 142 Å². The summed E-state index contributed by atoms with van der Waals surface area (Å²) in [7, 11) is 0. The molecule has 3 rings (SSSR count). The average molecular weight is 531 g/mol. The van der Waals surface area contributed by atoms with Gasteiger partial charge in [0.2, 0.25) is 12.2 Å². The Bertz CT molecular complexity index is 1300. The van der Waals surface area contributed by atoms with E-state index >= 15 is 0 Å². The second kappa shape index (κ2) is 12.6. The van der Waals surface area contributed by atoms with Gasteiger partial charge in [0.1, 0.15) is 36.8 Å². The highest BCUT2D eigenvalue weighted by molar-refractivity contribution is 5.59. The molecule has 2 heterocycles. The Morgan fingerprint density at radius 2 is 1.86 bits per heavy atom. The highest BCUT2D eigenvalue weighted by Gasteiger charge is 2.46.